The number of rotatable bonds is 8. The average molecular weight is 433 g/mol. The lowest BCUT2D eigenvalue weighted by atomic mass is 9.95. The molecule has 1 aliphatic rings. The van der Waals surface area contributed by atoms with Crippen molar-refractivity contribution >= 4 is 21.6 Å². The maximum atomic E-state index is 12.7. The molecular formula is C22H28N2O5S. The summed E-state index contributed by atoms with van der Waals surface area (Å²) in [6.07, 6.45) is 4.84. The summed E-state index contributed by atoms with van der Waals surface area (Å²) in [5, 5.41) is 3.03. The first-order valence-electron chi connectivity index (χ1n) is 10.1. The fraction of sp³-hybridized carbons (Fsp3) is 0.409. The van der Waals surface area contributed by atoms with Crippen LogP contribution in [0.5, 0.6) is 11.5 Å². The molecule has 0 aromatic heterocycles. The van der Waals surface area contributed by atoms with Gasteiger partial charge in [-0.15, -0.1) is 0 Å². The fourth-order valence-electron chi connectivity index (χ4n) is 3.45. The molecule has 2 aromatic carbocycles. The van der Waals surface area contributed by atoms with Crippen LogP contribution in [0.2, 0.25) is 0 Å². The first-order valence-corrected chi connectivity index (χ1v) is 11.6. The normalized spacial score (nSPS) is 15.8. The van der Waals surface area contributed by atoms with Crippen LogP contribution in [0.1, 0.15) is 39.0 Å². The maximum absolute atomic E-state index is 12.7. The summed E-state index contributed by atoms with van der Waals surface area (Å²) in [4.78, 5) is 12.4. The predicted molar refractivity (Wildman–Crippen MR) is 115 cm³/mol. The molecule has 7 nitrogen and oxygen atoms in total. The molecule has 0 heterocycles. The number of carbonyl (C=O) groups excluding carboxylic acids is 1. The molecule has 1 atom stereocenters. The number of hydrogen-bond donors (Lipinski definition) is 2. The number of anilines is 1. The van der Waals surface area contributed by atoms with Crippen molar-refractivity contribution in [1.82, 2.24) is 5.32 Å². The van der Waals surface area contributed by atoms with Crippen LogP contribution in [-0.4, -0.2) is 33.6 Å². The van der Waals surface area contributed by atoms with E-state index in [1.54, 1.807) is 43.3 Å². The molecule has 1 fully saturated rings. The molecule has 1 amide bonds. The Kier molecular flexibility index (Phi) is 7.20. The highest BCUT2D eigenvalue weighted by molar-refractivity contribution is 7.92. The van der Waals surface area contributed by atoms with Crippen molar-refractivity contribution < 1.29 is 22.7 Å². The van der Waals surface area contributed by atoms with Crippen molar-refractivity contribution in [2.45, 2.75) is 56.1 Å². The van der Waals surface area contributed by atoms with Crippen molar-refractivity contribution in [3.8, 4) is 11.5 Å². The second kappa shape index (κ2) is 9.84. The van der Waals surface area contributed by atoms with Gasteiger partial charge in [0.1, 0.15) is 11.5 Å². The number of para-hydroxylation sites is 2. The number of carbonyl (C=O) groups is 1. The van der Waals surface area contributed by atoms with Gasteiger partial charge in [-0.3, -0.25) is 9.52 Å². The molecule has 0 bridgehead atoms. The Labute approximate surface area is 177 Å². The molecule has 0 spiro atoms. The number of hydrogen-bond acceptors (Lipinski definition) is 5. The number of sulfonamides is 1. The van der Waals surface area contributed by atoms with E-state index in [9.17, 15) is 13.2 Å². The highest BCUT2D eigenvalue weighted by Gasteiger charge is 2.21. The van der Waals surface area contributed by atoms with Gasteiger partial charge in [0.2, 0.25) is 0 Å². The summed E-state index contributed by atoms with van der Waals surface area (Å²) in [7, 11) is -2.31. The quantitative estimate of drug-likeness (QED) is 0.663. The van der Waals surface area contributed by atoms with Crippen LogP contribution in [0, 0.1) is 0 Å². The molecule has 1 aliphatic carbocycles. The van der Waals surface area contributed by atoms with E-state index in [0.29, 0.717) is 17.2 Å². The second-order valence-corrected chi connectivity index (χ2v) is 9.06. The van der Waals surface area contributed by atoms with Crippen LogP contribution in [0.25, 0.3) is 0 Å². The Morgan fingerprint density at radius 2 is 1.70 bits per heavy atom. The van der Waals surface area contributed by atoms with Crippen molar-refractivity contribution in [1.29, 1.82) is 0 Å². The summed E-state index contributed by atoms with van der Waals surface area (Å²) in [6, 6.07) is 13.0. The molecule has 1 saturated carbocycles. The predicted octanol–water partition coefficient (Wildman–Crippen LogP) is 3.71. The molecule has 0 saturated heterocycles. The van der Waals surface area contributed by atoms with Crippen LogP contribution < -0.4 is 19.5 Å². The van der Waals surface area contributed by atoms with Gasteiger partial charge in [0.15, 0.2) is 6.10 Å². The topological polar surface area (TPSA) is 93.7 Å². The number of benzene rings is 2. The summed E-state index contributed by atoms with van der Waals surface area (Å²) in [5.41, 5.74) is 0.355. The Balaban J connectivity index is 1.61. The van der Waals surface area contributed by atoms with E-state index in [1.165, 1.54) is 25.7 Å². The van der Waals surface area contributed by atoms with Gasteiger partial charge < -0.3 is 14.8 Å². The van der Waals surface area contributed by atoms with Gasteiger partial charge in [-0.2, -0.15) is 0 Å². The maximum Gasteiger partial charge on any atom is 0.262 e. The summed E-state index contributed by atoms with van der Waals surface area (Å²) in [5.74, 6) is 0.702. The minimum Gasteiger partial charge on any atom is -0.495 e. The van der Waals surface area contributed by atoms with Crippen LogP contribution in [0.3, 0.4) is 0 Å². The Hall–Kier alpha value is -2.74. The molecule has 30 heavy (non-hydrogen) atoms. The van der Waals surface area contributed by atoms with Crippen LogP contribution >= 0.6 is 0 Å². The van der Waals surface area contributed by atoms with E-state index in [1.807, 2.05) is 0 Å². The molecule has 0 aliphatic heterocycles. The highest BCUT2D eigenvalue weighted by atomic mass is 32.2. The first kappa shape index (κ1) is 22.0. The highest BCUT2D eigenvalue weighted by Crippen LogP contribution is 2.27. The Morgan fingerprint density at radius 1 is 1.03 bits per heavy atom. The molecule has 0 unspecified atom stereocenters. The number of methoxy groups -OCH3 is 1. The standard InChI is InChI=1S/C22H28N2O5S/c1-16(22(25)23-17-8-4-3-5-9-17)29-18-12-14-19(15-13-18)30(26,27)24-20-10-6-7-11-21(20)28-2/h6-7,10-17,24H,3-5,8-9H2,1-2H3,(H,23,25)/t16-/m1/s1. The fourth-order valence-corrected chi connectivity index (χ4v) is 4.52. The minimum atomic E-state index is -3.79. The minimum absolute atomic E-state index is 0.0834. The molecule has 8 heteroatoms. The third-order valence-electron chi connectivity index (χ3n) is 5.12. The van der Waals surface area contributed by atoms with Crippen molar-refractivity contribution in [3.05, 3.63) is 48.5 Å². The summed E-state index contributed by atoms with van der Waals surface area (Å²) >= 11 is 0. The van der Waals surface area contributed by atoms with Crippen molar-refractivity contribution in [3.63, 3.8) is 0 Å². The van der Waals surface area contributed by atoms with Crippen molar-refractivity contribution in [2.24, 2.45) is 0 Å². The number of amides is 1. The third-order valence-corrected chi connectivity index (χ3v) is 6.50. The molecule has 3 rings (SSSR count). The number of nitrogens with one attached hydrogen (secondary N) is 2. The Bertz CT molecular complexity index is 954. The van der Waals surface area contributed by atoms with Crippen LogP contribution in [-0.2, 0) is 14.8 Å². The summed E-state index contributed by atoms with van der Waals surface area (Å²) in [6.45, 7) is 1.69. The lowest BCUT2D eigenvalue weighted by Crippen LogP contribution is -2.43. The van der Waals surface area contributed by atoms with E-state index < -0.39 is 16.1 Å². The molecule has 0 radical (unpaired) electrons. The zero-order valence-corrected chi connectivity index (χ0v) is 18.1. The van der Waals surface area contributed by atoms with E-state index in [-0.39, 0.29) is 16.8 Å². The molecule has 2 N–H and O–H groups in total. The van der Waals surface area contributed by atoms with E-state index in [0.717, 1.165) is 25.7 Å². The zero-order chi connectivity index (χ0) is 21.6. The SMILES string of the molecule is COc1ccccc1NS(=O)(=O)c1ccc(O[C@H](C)C(=O)NC2CCCCC2)cc1. The summed E-state index contributed by atoms with van der Waals surface area (Å²) < 4.78 is 38.7. The van der Waals surface area contributed by atoms with Gasteiger partial charge in [0, 0.05) is 6.04 Å². The Morgan fingerprint density at radius 3 is 2.37 bits per heavy atom. The smallest absolute Gasteiger partial charge is 0.262 e. The second-order valence-electron chi connectivity index (χ2n) is 7.38. The van der Waals surface area contributed by atoms with Crippen LogP contribution in [0.4, 0.5) is 5.69 Å². The number of ether oxygens (including phenoxy) is 2. The third kappa shape index (κ3) is 5.66. The zero-order valence-electron chi connectivity index (χ0n) is 17.3. The van der Waals surface area contributed by atoms with Gasteiger partial charge in [-0.05, 0) is 56.2 Å². The molecular weight excluding hydrogens is 404 g/mol. The van der Waals surface area contributed by atoms with Gasteiger partial charge in [0.25, 0.3) is 15.9 Å². The van der Waals surface area contributed by atoms with Gasteiger partial charge in [-0.1, -0.05) is 31.4 Å². The monoisotopic (exact) mass is 432 g/mol. The lowest BCUT2D eigenvalue weighted by molar-refractivity contribution is -0.128. The molecule has 2 aromatic rings. The largest absolute Gasteiger partial charge is 0.495 e. The lowest BCUT2D eigenvalue weighted by Gasteiger charge is -2.24. The van der Waals surface area contributed by atoms with E-state index >= 15 is 0 Å². The average Bonchev–Trinajstić information content (AvgIpc) is 2.75. The molecule has 162 valence electrons. The van der Waals surface area contributed by atoms with Gasteiger partial charge >= 0.3 is 0 Å². The van der Waals surface area contributed by atoms with Crippen LogP contribution in [0.15, 0.2) is 53.4 Å². The van der Waals surface area contributed by atoms with Gasteiger partial charge in [0.05, 0.1) is 17.7 Å². The van der Waals surface area contributed by atoms with E-state index in [4.69, 9.17) is 9.47 Å². The van der Waals surface area contributed by atoms with E-state index in [2.05, 4.69) is 10.0 Å². The van der Waals surface area contributed by atoms with Crippen molar-refractivity contribution in [2.75, 3.05) is 11.8 Å². The first-order chi connectivity index (χ1) is 14.4. The van der Waals surface area contributed by atoms with Gasteiger partial charge in [-0.25, -0.2) is 8.42 Å².